The Balaban J connectivity index is 0.00000112. The first kappa shape index (κ1) is 52.2. The topological polar surface area (TPSA) is 287 Å². The van der Waals surface area contributed by atoms with Crippen molar-refractivity contribution in [2.75, 3.05) is 136 Å². The maximum atomic E-state index is 12.9. The molecule has 0 aliphatic rings. The molecule has 0 aromatic carbocycles. The Morgan fingerprint density at radius 3 is 1.14 bits per heavy atom. The second-order valence-corrected chi connectivity index (χ2v) is 11.8. The molecule has 0 saturated carbocycles. The number of nitrogens with one attached hydrogen (secondary N) is 5. The van der Waals surface area contributed by atoms with Crippen molar-refractivity contribution in [2.45, 2.75) is 46.0 Å². The van der Waals surface area contributed by atoms with Crippen molar-refractivity contribution in [2.24, 2.45) is 11.5 Å². The lowest BCUT2D eigenvalue weighted by molar-refractivity contribution is 0.0927. The number of rotatable bonds is 31. The van der Waals surface area contributed by atoms with E-state index < -0.39 is 17.7 Å². The highest BCUT2D eigenvalue weighted by atomic mass is 16.5. The van der Waals surface area contributed by atoms with Crippen molar-refractivity contribution >= 4 is 46.8 Å². The van der Waals surface area contributed by atoms with Gasteiger partial charge in [-0.05, 0) is 32.1 Å². The van der Waals surface area contributed by atoms with E-state index in [1.54, 1.807) is 42.7 Å². The van der Waals surface area contributed by atoms with Crippen molar-refractivity contribution in [3.8, 4) is 0 Å². The summed E-state index contributed by atoms with van der Waals surface area (Å²) in [5.41, 5.74) is 10.9. The minimum atomic E-state index is -0.757. The molecule has 9 N–H and O–H groups in total. The highest BCUT2D eigenvalue weighted by Crippen LogP contribution is 2.21. The van der Waals surface area contributed by atoms with E-state index in [9.17, 15) is 19.2 Å². The predicted molar refractivity (Wildman–Crippen MR) is 217 cm³/mol. The van der Waals surface area contributed by atoms with Crippen LogP contribution in [0.1, 0.15) is 87.9 Å². The summed E-state index contributed by atoms with van der Waals surface area (Å²) < 4.78 is 30.0. The summed E-state index contributed by atoms with van der Waals surface area (Å²) in [5.74, 6) is -1.31. The highest BCUT2D eigenvalue weighted by molar-refractivity contribution is 6.02. The zero-order chi connectivity index (χ0) is 41.6. The van der Waals surface area contributed by atoms with Crippen LogP contribution in [0.15, 0.2) is 0 Å². The van der Waals surface area contributed by atoms with Crippen LogP contribution in [0, 0.1) is 0 Å². The van der Waals surface area contributed by atoms with Gasteiger partial charge in [-0.3, -0.25) is 19.2 Å². The maximum absolute atomic E-state index is 12.9. The third-order valence-corrected chi connectivity index (χ3v) is 7.35. The van der Waals surface area contributed by atoms with Gasteiger partial charge in [0.05, 0.1) is 6.61 Å². The van der Waals surface area contributed by atoms with Crippen LogP contribution in [-0.4, -0.2) is 158 Å². The van der Waals surface area contributed by atoms with E-state index in [1.807, 2.05) is 0 Å². The summed E-state index contributed by atoms with van der Waals surface area (Å²) >= 11 is 0. The second-order valence-electron chi connectivity index (χ2n) is 11.8. The average molecular weight is 812 g/mol. The van der Waals surface area contributed by atoms with E-state index in [2.05, 4.69) is 46.5 Å². The smallest absolute Gasteiger partial charge is 0.273 e. The number of nitrogens with two attached hydrogens (primary N) is 2. The van der Waals surface area contributed by atoms with Crippen molar-refractivity contribution < 1.29 is 47.6 Å². The monoisotopic (exact) mass is 811 g/mol. The number of hydrogen-bond donors (Lipinski definition) is 7. The Morgan fingerprint density at radius 1 is 0.456 bits per heavy atom. The SMILES string of the molecule is C.COCCCNc1nc(C(=O)NCCOC)c(NCCCOC)nc1C(=O)CCCOC.COCCCNc1nc(C(N)=O)c(NCCCOC)nc1C(N)=O. The largest absolute Gasteiger partial charge is 0.385 e. The molecule has 0 unspecified atom stereocenters. The van der Waals surface area contributed by atoms with Crippen LogP contribution >= 0.6 is 0 Å². The van der Waals surface area contributed by atoms with Gasteiger partial charge in [0.15, 0.2) is 51.8 Å². The van der Waals surface area contributed by atoms with Crippen LogP contribution in [0.25, 0.3) is 0 Å². The number of ether oxygens (including phenoxy) is 6. The summed E-state index contributed by atoms with van der Waals surface area (Å²) in [6.45, 7) is 5.33. The lowest BCUT2D eigenvalue weighted by atomic mass is 10.1. The molecule has 0 radical (unpaired) electrons. The minimum Gasteiger partial charge on any atom is -0.385 e. The van der Waals surface area contributed by atoms with E-state index in [1.165, 1.54) is 0 Å². The molecule has 324 valence electrons. The van der Waals surface area contributed by atoms with Gasteiger partial charge in [0, 0.05) is 115 Å². The van der Waals surface area contributed by atoms with Gasteiger partial charge in [0.1, 0.15) is 0 Å². The molecule has 0 aliphatic heterocycles. The summed E-state index contributed by atoms with van der Waals surface area (Å²) in [6.07, 6.45) is 3.60. The van der Waals surface area contributed by atoms with Crippen LogP contribution < -0.4 is 38.1 Å². The molecule has 57 heavy (non-hydrogen) atoms. The molecule has 2 rings (SSSR count). The van der Waals surface area contributed by atoms with Crippen LogP contribution in [0.3, 0.4) is 0 Å². The Bertz CT molecular complexity index is 1360. The summed E-state index contributed by atoms with van der Waals surface area (Å²) in [7, 11) is 9.56. The molecule has 2 heterocycles. The van der Waals surface area contributed by atoms with Gasteiger partial charge >= 0.3 is 0 Å². The Kier molecular flexibility index (Phi) is 29.6. The standard InChI is InChI=1S/C21H37N5O6.C14H24N6O4.CH4/c1-29-12-5-8-16(27)17-19(22-9-6-13-30-2)26-18(21(28)24-11-15-32-4)20(25-17)23-10-7-14-31-3;1-23-7-3-5-17-13-9(11(15)21)20-14(10(19-13)12(16)22)18-6-4-8-24-2;/h5-15H2,1-4H3,(H,22,26)(H,23,25)(H,24,28);3-8H2,1-2H3,(H2,15,21)(H2,16,22)(H,17,19)(H,18,20);1H4. The number of primary amides is 2. The predicted octanol–water partition coefficient (Wildman–Crippen LogP) is 1.57. The van der Waals surface area contributed by atoms with E-state index in [0.717, 1.165) is 0 Å². The first-order valence-corrected chi connectivity index (χ1v) is 18.2. The maximum Gasteiger partial charge on any atom is 0.273 e. The van der Waals surface area contributed by atoms with E-state index in [-0.39, 0.29) is 65.7 Å². The minimum absolute atomic E-state index is 0. The molecule has 21 nitrogen and oxygen atoms in total. The fraction of sp³-hybridized carbons (Fsp3) is 0.667. The highest BCUT2D eigenvalue weighted by Gasteiger charge is 2.23. The first-order chi connectivity index (χ1) is 27.1. The van der Waals surface area contributed by atoms with Gasteiger partial charge in [0.2, 0.25) is 0 Å². The molecule has 0 bridgehead atoms. The van der Waals surface area contributed by atoms with Crippen molar-refractivity contribution in [3.05, 3.63) is 22.8 Å². The lowest BCUT2D eigenvalue weighted by Gasteiger charge is -2.16. The summed E-state index contributed by atoms with van der Waals surface area (Å²) in [6, 6.07) is 0. The van der Waals surface area contributed by atoms with Crippen LogP contribution in [-0.2, 0) is 28.4 Å². The van der Waals surface area contributed by atoms with Crippen molar-refractivity contribution in [1.82, 2.24) is 25.3 Å². The molecule has 0 saturated heterocycles. The first-order valence-electron chi connectivity index (χ1n) is 18.2. The third kappa shape index (κ3) is 20.8. The zero-order valence-corrected chi connectivity index (χ0v) is 33.5. The Morgan fingerprint density at radius 2 is 0.772 bits per heavy atom. The number of nitrogens with zero attached hydrogens (tertiary/aromatic N) is 4. The molecule has 2 aromatic rings. The summed E-state index contributed by atoms with van der Waals surface area (Å²) in [4.78, 5) is 66.1. The fourth-order valence-corrected chi connectivity index (χ4v) is 4.60. The van der Waals surface area contributed by atoms with E-state index in [4.69, 9.17) is 39.9 Å². The third-order valence-electron chi connectivity index (χ3n) is 7.35. The number of carbonyl (C=O) groups is 4. The van der Waals surface area contributed by atoms with Crippen molar-refractivity contribution in [1.29, 1.82) is 0 Å². The lowest BCUT2D eigenvalue weighted by Crippen LogP contribution is -2.30. The van der Waals surface area contributed by atoms with E-state index >= 15 is 0 Å². The molecule has 0 fully saturated rings. The fourth-order valence-electron chi connectivity index (χ4n) is 4.60. The van der Waals surface area contributed by atoms with Gasteiger partial charge in [-0.2, -0.15) is 0 Å². The normalized spacial score (nSPS) is 10.4. The second kappa shape index (κ2) is 32.3. The number of carbonyl (C=O) groups excluding carboxylic acids is 4. The molecule has 0 atom stereocenters. The molecule has 0 spiro atoms. The number of methoxy groups -OCH3 is 6. The Hall–Kier alpha value is -4.80. The number of anilines is 4. The molecular formula is C36H65N11O10. The Labute approximate surface area is 335 Å². The van der Waals surface area contributed by atoms with Gasteiger partial charge in [-0.1, -0.05) is 7.43 Å². The van der Waals surface area contributed by atoms with Crippen LogP contribution in [0.4, 0.5) is 23.3 Å². The van der Waals surface area contributed by atoms with Gasteiger partial charge in [-0.25, -0.2) is 19.9 Å². The number of ketones is 1. The van der Waals surface area contributed by atoms with Crippen LogP contribution in [0.5, 0.6) is 0 Å². The number of amides is 3. The number of Topliss-reactive ketones (excluding diaryl/α,β-unsaturated/α-hetero) is 1. The zero-order valence-electron chi connectivity index (χ0n) is 33.5. The molecule has 0 aliphatic carbocycles. The van der Waals surface area contributed by atoms with Gasteiger partial charge in [-0.15, -0.1) is 0 Å². The molecular weight excluding hydrogens is 746 g/mol. The summed E-state index contributed by atoms with van der Waals surface area (Å²) in [5, 5.41) is 14.8. The van der Waals surface area contributed by atoms with E-state index in [0.29, 0.717) is 104 Å². The van der Waals surface area contributed by atoms with Crippen molar-refractivity contribution in [3.63, 3.8) is 0 Å². The van der Waals surface area contributed by atoms with Gasteiger partial charge < -0.3 is 66.5 Å². The molecule has 3 amide bonds. The molecule has 21 heteroatoms. The van der Waals surface area contributed by atoms with Crippen LogP contribution in [0.2, 0.25) is 0 Å². The average Bonchev–Trinajstić information content (AvgIpc) is 3.18. The number of aromatic nitrogens is 4. The quantitative estimate of drug-likeness (QED) is 0.0420. The van der Waals surface area contributed by atoms with Gasteiger partial charge in [0.25, 0.3) is 17.7 Å². The number of hydrogen-bond acceptors (Lipinski definition) is 18. The molecule has 2 aromatic heterocycles.